The van der Waals surface area contributed by atoms with Gasteiger partial charge in [0.25, 0.3) is 0 Å². The minimum atomic E-state index is -2.99. The van der Waals surface area contributed by atoms with E-state index in [0.29, 0.717) is 25.2 Å². The Hall–Kier alpha value is -2.46. The van der Waals surface area contributed by atoms with Gasteiger partial charge in [0.1, 0.15) is 0 Å². The standard InChI is InChI=1S/C28H21F12O4.Zr/c1-10-16(29)22(35)13(23(36)17(10)30)7-42-28(5-4-6-41,43-8-14-24(37)18(31)11(2)19(32)25(14)38)44-9-15-26(39)20(33)12(3)21(34)27(15)40;/h4-9H2,1-3H3;/q-1;+1. The first-order valence-electron chi connectivity index (χ1n) is 12.7. The molecule has 0 N–H and O–H groups in total. The van der Waals surface area contributed by atoms with Gasteiger partial charge in [-0.05, 0) is 0 Å². The molecule has 0 unspecified atom stereocenters. The predicted molar refractivity (Wildman–Crippen MR) is 125 cm³/mol. The van der Waals surface area contributed by atoms with Gasteiger partial charge in [-0.1, -0.05) is 0 Å². The summed E-state index contributed by atoms with van der Waals surface area (Å²) in [6.45, 7) is -2.49. The first-order valence-corrected chi connectivity index (χ1v) is 13.7. The second-order valence-electron chi connectivity index (χ2n) is 9.58. The van der Waals surface area contributed by atoms with Crippen LogP contribution in [0.3, 0.4) is 0 Å². The molecular formula is C28H21F12O4Zr. The van der Waals surface area contributed by atoms with E-state index in [1.165, 1.54) is 0 Å². The molecule has 0 fully saturated rings. The summed E-state index contributed by atoms with van der Waals surface area (Å²) < 4.78 is 194. The Bertz CT molecular complexity index is 1340. The van der Waals surface area contributed by atoms with Crippen LogP contribution in [0, 0.1) is 90.6 Å². The molecular weight excluding hydrogens is 720 g/mol. The number of hydrogen-bond acceptors (Lipinski definition) is 4. The number of rotatable bonds is 13. The van der Waals surface area contributed by atoms with Gasteiger partial charge < -0.3 is 0 Å². The van der Waals surface area contributed by atoms with Crippen LogP contribution in [0.5, 0.6) is 0 Å². The van der Waals surface area contributed by atoms with Gasteiger partial charge in [0.2, 0.25) is 0 Å². The molecule has 3 rings (SSSR count). The average Bonchev–Trinajstić information content (AvgIpc) is 3.02. The molecule has 17 heteroatoms. The van der Waals surface area contributed by atoms with Crippen molar-refractivity contribution < 1.29 is 94.9 Å². The number of halogens is 12. The number of ether oxygens (including phenoxy) is 3. The van der Waals surface area contributed by atoms with Crippen LogP contribution in [0.1, 0.15) is 46.2 Å². The average molecular weight is 741 g/mol. The van der Waals surface area contributed by atoms with Crippen LogP contribution in [-0.4, -0.2) is 12.6 Å². The molecule has 0 radical (unpaired) electrons. The fraction of sp³-hybridized carbons (Fsp3) is 0.357. The zero-order valence-corrected chi connectivity index (χ0v) is 25.9. The predicted octanol–water partition coefficient (Wildman–Crippen LogP) is 8.14. The third kappa shape index (κ3) is 7.42. The van der Waals surface area contributed by atoms with Crippen LogP contribution in [0.25, 0.3) is 0 Å². The summed E-state index contributed by atoms with van der Waals surface area (Å²) in [5.41, 5.74) is -7.34. The summed E-state index contributed by atoms with van der Waals surface area (Å²) in [4.78, 5) is 0. The van der Waals surface area contributed by atoms with Gasteiger partial charge in [-0.15, -0.1) is 0 Å². The summed E-state index contributed by atoms with van der Waals surface area (Å²) in [5, 5.41) is 0. The molecule has 0 aromatic heterocycles. The zero-order chi connectivity index (χ0) is 34.0. The van der Waals surface area contributed by atoms with E-state index in [-0.39, 0.29) is 13.0 Å². The fourth-order valence-electron chi connectivity index (χ4n) is 3.99. The SMILES string of the molecule is Cc1c(F)c(F)c(COC(CCC[O][Zr])(OCc2c(F)c(F)c(C)c(F)c2F)OCc2c(F)c(F)c(C)c(F)c2F)c(F)c1F. The van der Waals surface area contributed by atoms with Crippen molar-refractivity contribution in [3.63, 3.8) is 0 Å². The van der Waals surface area contributed by atoms with Gasteiger partial charge in [-0.25, -0.2) is 0 Å². The third-order valence-electron chi connectivity index (χ3n) is 6.76. The molecule has 0 aliphatic rings. The van der Waals surface area contributed by atoms with Gasteiger partial charge in [0.15, 0.2) is 0 Å². The topological polar surface area (TPSA) is 36.9 Å². The van der Waals surface area contributed by atoms with Crippen molar-refractivity contribution in [1.82, 2.24) is 0 Å². The molecule has 45 heavy (non-hydrogen) atoms. The summed E-state index contributed by atoms with van der Waals surface area (Å²) in [5.74, 6) is -25.6. The van der Waals surface area contributed by atoms with Crippen molar-refractivity contribution in [1.29, 1.82) is 0 Å². The van der Waals surface area contributed by atoms with Crippen LogP contribution in [0.4, 0.5) is 52.7 Å². The summed E-state index contributed by atoms with van der Waals surface area (Å²) in [7, 11) is 0. The third-order valence-corrected chi connectivity index (χ3v) is 7.26. The van der Waals surface area contributed by atoms with Gasteiger partial charge in [0.05, 0.1) is 0 Å². The van der Waals surface area contributed by atoms with Gasteiger partial charge in [-0.2, -0.15) is 0 Å². The normalized spacial score (nSPS) is 12.0. The molecule has 0 saturated carbocycles. The molecule has 245 valence electrons. The van der Waals surface area contributed by atoms with Gasteiger partial charge >= 0.3 is 264 Å². The summed E-state index contributed by atoms with van der Waals surface area (Å²) in [6.07, 6.45) is -0.975. The van der Waals surface area contributed by atoms with E-state index in [0.717, 1.165) is 20.8 Å². The Morgan fingerprint density at radius 2 is 0.689 bits per heavy atom. The number of benzene rings is 3. The molecule has 0 amide bonds. The van der Waals surface area contributed by atoms with E-state index in [9.17, 15) is 52.7 Å². The quantitative estimate of drug-likeness (QED) is 0.0768. The molecule has 0 aliphatic carbocycles. The molecule has 4 nitrogen and oxygen atoms in total. The second-order valence-corrected chi connectivity index (χ2v) is 10.3. The van der Waals surface area contributed by atoms with Crippen molar-refractivity contribution in [2.75, 3.05) is 6.61 Å². The minimum absolute atomic E-state index is 0.167. The summed E-state index contributed by atoms with van der Waals surface area (Å²) in [6, 6.07) is 0. The maximum absolute atomic E-state index is 14.6. The van der Waals surface area contributed by atoms with Crippen molar-refractivity contribution in [3.8, 4) is 0 Å². The van der Waals surface area contributed by atoms with Crippen molar-refractivity contribution in [3.05, 3.63) is 103 Å². The molecule has 0 atom stereocenters. The van der Waals surface area contributed by atoms with Gasteiger partial charge in [-0.3, -0.25) is 0 Å². The molecule has 0 bridgehead atoms. The Morgan fingerprint density at radius 3 is 0.911 bits per heavy atom. The Morgan fingerprint density at radius 1 is 0.444 bits per heavy atom. The van der Waals surface area contributed by atoms with Crippen LogP contribution in [0.2, 0.25) is 0 Å². The van der Waals surface area contributed by atoms with Crippen LogP contribution in [-0.2, 0) is 62.0 Å². The second kappa shape index (κ2) is 15.0. The van der Waals surface area contributed by atoms with Crippen LogP contribution in [0.15, 0.2) is 0 Å². The Labute approximate surface area is 263 Å². The first-order chi connectivity index (χ1) is 21.0. The molecule has 0 spiro atoms. The number of hydrogen-bond donors (Lipinski definition) is 0. The molecule has 0 saturated heterocycles. The van der Waals surface area contributed by atoms with Crippen molar-refractivity contribution in [2.45, 2.75) is 59.4 Å². The van der Waals surface area contributed by atoms with E-state index in [2.05, 4.69) is 0 Å². The van der Waals surface area contributed by atoms with Gasteiger partial charge in [0, 0.05) is 0 Å². The zero-order valence-electron chi connectivity index (χ0n) is 23.4. The maximum atomic E-state index is 14.6. The van der Waals surface area contributed by atoms with E-state index < -0.39 is 135 Å². The first kappa shape index (κ1) is 37.0. The van der Waals surface area contributed by atoms with E-state index >= 15 is 0 Å². The molecule has 3 aromatic carbocycles. The van der Waals surface area contributed by atoms with Crippen LogP contribution >= 0.6 is 0 Å². The van der Waals surface area contributed by atoms with Crippen molar-refractivity contribution >= 4 is 0 Å². The molecule has 3 aromatic rings. The fourth-order valence-corrected chi connectivity index (χ4v) is 4.34. The van der Waals surface area contributed by atoms with E-state index in [1.54, 1.807) is 0 Å². The molecule has 0 aliphatic heterocycles. The Balaban J connectivity index is 2.13. The molecule has 0 heterocycles. The van der Waals surface area contributed by atoms with E-state index in [1.807, 2.05) is 0 Å². The van der Waals surface area contributed by atoms with E-state index in [4.69, 9.17) is 17.0 Å². The van der Waals surface area contributed by atoms with Crippen molar-refractivity contribution in [2.24, 2.45) is 0 Å². The monoisotopic (exact) mass is 739 g/mol. The summed E-state index contributed by atoms with van der Waals surface area (Å²) >= 11 is 0.517. The Kier molecular flexibility index (Phi) is 12.3. The van der Waals surface area contributed by atoms with Crippen LogP contribution < -0.4 is 0 Å².